The highest BCUT2D eigenvalue weighted by Gasteiger charge is 2.30. The third-order valence-electron chi connectivity index (χ3n) is 8.16. The number of methoxy groups -OCH3 is 2. The monoisotopic (exact) mass is 673 g/mol. The molecule has 0 saturated heterocycles. The number of aryl methyl sites for hydroxylation is 1. The van der Waals surface area contributed by atoms with E-state index >= 15 is 0 Å². The third kappa shape index (κ3) is 10.4. The number of nitrogens with one attached hydrogen (secondary N) is 3. The molecular formula is C37H47N5O7. The molecule has 2 aromatic carbocycles. The third-order valence-corrected chi connectivity index (χ3v) is 8.16. The number of hydrogen-bond donors (Lipinski definition) is 3. The van der Waals surface area contributed by atoms with Gasteiger partial charge in [-0.25, -0.2) is 4.98 Å². The van der Waals surface area contributed by atoms with Gasteiger partial charge in [0.1, 0.15) is 23.1 Å². The molecule has 1 aliphatic rings. The van der Waals surface area contributed by atoms with Crippen molar-refractivity contribution in [2.75, 3.05) is 40.5 Å². The molecule has 12 heteroatoms. The first-order valence-electron chi connectivity index (χ1n) is 16.7. The number of hydrogen-bond acceptors (Lipinski definition) is 8. The van der Waals surface area contributed by atoms with Crippen LogP contribution in [0.1, 0.15) is 65.5 Å². The fourth-order valence-corrected chi connectivity index (χ4v) is 5.81. The predicted octanol–water partition coefficient (Wildman–Crippen LogP) is 3.57. The topological polar surface area (TPSA) is 148 Å². The zero-order valence-electron chi connectivity index (χ0n) is 28.9. The van der Waals surface area contributed by atoms with Crippen molar-refractivity contribution in [1.29, 1.82) is 0 Å². The van der Waals surface area contributed by atoms with Crippen LogP contribution in [0, 0.1) is 5.92 Å². The van der Waals surface area contributed by atoms with Crippen molar-refractivity contribution < 1.29 is 33.4 Å². The fraction of sp³-hybridized carbons (Fsp3) is 0.432. The van der Waals surface area contributed by atoms with Crippen LogP contribution in [-0.2, 0) is 22.4 Å². The van der Waals surface area contributed by atoms with Crippen LogP contribution in [0.5, 0.6) is 17.4 Å². The Morgan fingerprint density at radius 1 is 1.02 bits per heavy atom. The summed E-state index contributed by atoms with van der Waals surface area (Å²) >= 11 is 0. The lowest BCUT2D eigenvalue weighted by atomic mass is 10.00. The van der Waals surface area contributed by atoms with Crippen LogP contribution in [0.15, 0.2) is 60.8 Å². The van der Waals surface area contributed by atoms with E-state index in [0.29, 0.717) is 49.5 Å². The first-order valence-corrected chi connectivity index (χ1v) is 16.7. The van der Waals surface area contributed by atoms with Crippen LogP contribution < -0.4 is 30.2 Å². The molecule has 4 amide bonds. The van der Waals surface area contributed by atoms with Gasteiger partial charge in [0.05, 0.1) is 27.4 Å². The van der Waals surface area contributed by atoms with Gasteiger partial charge in [0, 0.05) is 37.3 Å². The summed E-state index contributed by atoms with van der Waals surface area (Å²) < 4.78 is 16.5. The lowest BCUT2D eigenvalue weighted by molar-refractivity contribution is -0.123. The van der Waals surface area contributed by atoms with Gasteiger partial charge >= 0.3 is 0 Å². The van der Waals surface area contributed by atoms with Crippen LogP contribution in [-0.4, -0.2) is 86.1 Å². The standard InChI is InChI=1S/C37H47N5O7/c1-6-49-36-30(10-8-18-39-36)37(46)42-22-28(19-24(2)3)40-35(45)31(20-25-11-14-29(47-4)15-12-25)41-34(44)27-13-16-32(48-5)26(21-27)9-7-17-38-33(43)23-42/h8,10-16,18,21,24,28,31H,6-7,9,17,19-20,22-23H2,1-5H3,(H,38,43)(H,40,45)(H,41,44)/t28-,31-/m0/s1. The van der Waals surface area contributed by atoms with E-state index in [1.165, 1.54) is 11.1 Å². The van der Waals surface area contributed by atoms with Crippen LogP contribution in [0.25, 0.3) is 0 Å². The molecule has 0 saturated carbocycles. The number of benzene rings is 2. The van der Waals surface area contributed by atoms with Crippen LogP contribution in [0.2, 0.25) is 0 Å². The summed E-state index contributed by atoms with van der Waals surface area (Å²) in [6.07, 6.45) is 3.33. The van der Waals surface area contributed by atoms with E-state index in [0.717, 1.165) is 11.1 Å². The highest BCUT2D eigenvalue weighted by atomic mass is 16.5. The van der Waals surface area contributed by atoms with Gasteiger partial charge in [-0.2, -0.15) is 0 Å². The lowest BCUT2D eigenvalue weighted by Crippen LogP contribution is -2.54. The van der Waals surface area contributed by atoms with Crippen molar-refractivity contribution in [2.24, 2.45) is 5.92 Å². The van der Waals surface area contributed by atoms with Gasteiger partial charge in [0.25, 0.3) is 11.8 Å². The maximum absolute atomic E-state index is 14.1. The number of ether oxygens (including phenoxy) is 3. The summed E-state index contributed by atoms with van der Waals surface area (Å²) in [5.74, 6) is -0.0304. The highest BCUT2D eigenvalue weighted by molar-refractivity contribution is 5.99. The molecule has 1 aliphatic heterocycles. The predicted molar refractivity (Wildman–Crippen MR) is 185 cm³/mol. The number of rotatable bonds is 9. The number of nitrogens with zero attached hydrogens (tertiary/aromatic N) is 2. The average molecular weight is 674 g/mol. The first kappa shape index (κ1) is 36.7. The second-order valence-corrected chi connectivity index (χ2v) is 12.4. The van der Waals surface area contributed by atoms with Gasteiger partial charge in [0.15, 0.2) is 0 Å². The number of pyridine rings is 1. The van der Waals surface area contributed by atoms with E-state index in [2.05, 4.69) is 20.9 Å². The van der Waals surface area contributed by atoms with E-state index in [4.69, 9.17) is 14.2 Å². The van der Waals surface area contributed by atoms with Crippen LogP contribution in [0.4, 0.5) is 0 Å². The molecule has 1 aromatic heterocycles. The minimum Gasteiger partial charge on any atom is -0.497 e. The number of carbonyl (C=O) groups excluding carboxylic acids is 4. The summed E-state index contributed by atoms with van der Waals surface area (Å²) in [5, 5.41) is 8.97. The highest BCUT2D eigenvalue weighted by Crippen LogP contribution is 2.23. The second-order valence-electron chi connectivity index (χ2n) is 12.4. The fourth-order valence-electron chi connectivity index (χ4n) is 5.81. The average Bonchev–Trinajstić information content (AvgIpc) is 3.09. The number of aromatic nitrogens is 1. The molecule has 49 heavy (non-hydrogen) atoms. The van der Waals surface area contributed by atoms with Crippen molar-refractivity contribution in [3.8, 4) is 17.4 Å². The minimum absolute atomic E-state index is 0.0395. The Morgan fingerprint density at radius 3 is 2.49 bits per heavy atom. The second kappa shape index (κ2) is 17.9. The quantitative estimate of drug-likeness (QED) is 0.312. The van der Waals surface area contributed by atoms with E-state index in [9.17, 15) is 19.2 Å². The summed E-state index contributed by atoms with van der Waals surface area (Å²) in [5.41, 5.74) is 2.21. The maximum atomic E-state index is 14.1. The SMILES string of the molecule is CCOc1ncccc1C(=O)N1CC(=O)NCCCc2cc(ccc2OC)C(=O)N[C@@H](Cc2ccc(OC)cc2)C(=O)N[C@@H](CC(C)C)C1. The van der Waals surface area contributed by atoms with Crippen molar-refractivity contribution in [2.45, 2.75) is 58.5 Å². The summed E-state index contributed by atoms with van der Waals surface area (Å²) in [6.45, 7) is 6.27. The molecule has 4 rings (SSSR count). The molecule has 3 N–H and O–H groups in total. The Hall–Kier alpha value is -5.13. The normalized spacial score (nSPS) is 17.8. The molecule has 2 heterocycles. The molecule has 0 fully saturated rings. The molecule has 262 valence electrons. The van der Waals surface area contributed by atoms with Crippen molar-refractivity contribution in [1.82, 2.24) is 25.8 Å². The van der Waals surface area contributed by atoms with Crippen LogP contribution >= 0.6 is 0 Å². The van der Waals surface area contributed by atoms with Crippen molar-refractivity contribution >= 4 is 23.6 Å². The Labute approximate surface area is 287 Å². The van der Waals surface area contributed by atoms with E-state index in [-0.39, 0.29) is 42.8 Å². The van der Waals surface area contributed by atoms with E-state index in [1.807, 2.05) is 26.0 Å². The van der Waals surface area contributed by atoms with E-state index < -0.39 is 29.8 Å². The Kier molecular flexibility index (Phi) is 13.4. The Morgan fingerprint density at radius 2 is 1.80 bits per heavy atom. The first-order chi connectivity index (χ1) is 23.6. The zero-order valence-corrected chi connectivity index (χ0v) is 28.9. The Balaban J connectivity index is 1.72. The molecular weight excluding hydrogens is 626 g/mol. The van der Waals surface area contributed by atoms with Gasteiger partial charge in [0.2, 0.25) is 17.7 Å². The molecule has 0 unspecified atom stereocenters. The van der Waals surface area contributed by atoms with Gasteiger partial charge in [-0.1, -0.05) is 26.0 Å². The molecule has 0 aliphatic carbocycles. The molecule has 0 radical (unpaired) electrons. The molecule has 0 spiro atoms. The summed E-state index contributed by atoms with van der Waals surface area (Å²) in [7, 11) is 3.14. The largest absolute Gasteiger partial charge is 0.497 e. The van der Waals surface area contributed by atoms with Gasteiger partial charge < -0.3 is 35.1 Å². The van der Waals surface area contributed by atoms with E-state index in [1.54, 1.807) is 63.6 Å². The van der Waals surface area contributed by atoms with Crippen LogP contribution in [0.3, 0.4) is 0 Å². The molecule has 12 nitrogen and oxygen atoms in total. The van der Waals surface area contributed by atoms with Gasteiger partial charge in [-0.15, -0.1) is 0 Å². The molecule has 3 aromatic rings. The zero-order chi connectivity index (χ0) is 35.3. The summed E-state index contributed by atoms with van der Waals surface area (Å²) in [6, 6.07) is 14.2. The Bertz CT molecular complexity index is 1590. The number of fused-ring (bicyclic) bond motifs is 2. The number of carbonyl (C=O) groups is 4. The smallest absolute Gasteiger partial charge is 0.259 e. The molecule has 2 bridgehead atoms. The van der Waals surface area contributed by atoms with Gasteiger partial charge in [-0.05, 0) is 85.7 Å². The molecule has 2 atom stereocenters. The van der Waals surface area contributed by atoms with Crippen molar-refractivity contribution in [3.05, 3.63) is 83.0 Å². The van der Waals surface area contributed by atoms with Crippen molar-refractivity contribution in [3.63, 3.8) is 0 Å². The lowest BCUT2D eigenvalue weighted by Gasteiger charge is -2.30. The maximum Gasteiger partial charge on any atom is 0.259 e. The van der Waals surface area contributed by atoms with Gasteiger partial charge in [-0.3, -0.25) is 19.2 Å². The minimum atomic E-state index is -0.952. The number of amides is 4. The summed E-state index contributed by atoms with van der Waals surface area (Å²) in [4.78, 5) is 60.8.